The minimum atomic E-state index is -0.0731. The van der Waals surface area contributed by atoms with E-state index < -0.39 is 0 Å². The van der Waals surface area contributed by atoms with E-state index >= 15 is 0 Å². The van der Waals surface area contributed by atoms with Crippen molar-refractivity contribution in [1.82, 2.24) is 20.4 Å². The van der Waals surface area contributed by atoms with Gasteiger partial charge in [0.1, 0.15) is 21.8 Å². The van der Waals surface area contributed by atoms with Gasteiger partial charge in [-0.3, -0.25) is 4.79 Å². The molecule has 8 nitrogen and oxygen atoms in total. The number of aromatic nitrogens is 3. The number of hydrogen-bond donors (Lipinski definition) is 3. The molecule has 30 heavy (non-hydrogen) atoms. The highest BCUT2D eigenvalue weighted by Crippen LogP contribution is 2.39. The summed E-state index contributed by atoms with van der Waals surface area (Å²) < 4.78 is 0.902. The highest BCUT2D eigenvalue weighted by Gasteiger charge is 2.34. The van der Waals surface area contributed by atoms with Gasteiger partial charge in [0, 0.05) is 17.0 Å². The van der Waals surface area contributed by atoms with Gasteiger partial charge in [0.15, 0.2) is 0 Å². The fraction of sp³-hybridized carbons (Fsp3) is 0.350. The van der Waals surface area contributed by atoms with Crippen molar-refractivity contribution in [3.8, 4) is 0 Å². The number of nitroso groups, excluding NO2 is 1. The van der Waals surface area contributed by atoms with Crippen LogP contribution < -0.4 is 15.6 Å². The molecular formula is C20H21N6O2S2+. The van der Waals surface area contributed by atoms with Crippen LogP contribution in [0.4, 0.5) is 11.5 Å². The smallest absolute Gasteiger partial charge is 0.305 e. The molecule has 0 spiro atoms. The van der Waals surface area contributed by atoms with Crippen LogP contribution in [0.5, 0.6) is 0 Å². The second-order valence-electron chi connectivity index (χ2n) is 7.76. The fourth-order valence-electron chi connectivity index (χ4n) is 3.91. The molecule has 1 unspecified atom stereocenters. The van der Waals surface area contributed by atoms with E-state index in [-0.39, 0.29) is 17.0 Å². The summed E-state index contributed by atoms with van der Waals surface area (Å²) in [7, 11) is 0. The van der Waals surface area contributed by atoms with Crippen molar-refractivity contribution < 1.29 is 4.87 Å². The number of hydrogen-bond acceptors (Lipinski definition) is 7. The van der Waals surface area contributed by atoms with Crippen molar-refractivity contribution in [2.75, 3.05) is 5.32 Å². The Morgan fingerprint density at radius 1 is 1.27 bits per heavy atom. The average molecular weight is 442 g/mol. The zero-order valence-corrected chi connectivity index (χ0v) is 18.2. The molecule has 0 saturated carbocycles. The van der Waals surface area contributed by atoms with Crippen molar-refractivity contribution in [2.24, 2.45) is 0 Å². The Labute approximate surface area is 179 Å². The summed E-state index contributed by atoms with van der Waals surface area (Å²) >= 11 is 2.83. The predicted molar refractivity (Wildman–Crippen MR) is 121 cm³/mol. The molecule has 3 heterocycles. The SMILES string of the molecule is CC(C)N[N+](=O)C1CCc2c(sc3ncnc(Nc4ccc5[nH]c(=O)sc5c4)c23)C1. The van der Waals surface area contributed by atoms with Gasteiger partial charge in [0.05, 0.1) is 33.0 Å². The Bertz CT molecular complexity index is 1320. The minimum Gasteiger partial charge on any atom is -0.340 e. The third-order valence-electron chi connectivity index (χ3n) is 5.22. The number of rotatable bonds is 5. The van der Waals surface area contributed by atoms with Gasteiger partial charge in [-0.15, -0.1) is 11.3 Å². The first-order chi connectivity index (χ1) is 14.5. The van der Waals surface area contributed by atoms with Crippen molar-refractivity contribution >= 4 is 54.6 Å². The van der Waals surface area contributed by atoms with Crippen LogP contribution in [0.15, 0.2) is 29.3 Å². The maximum Gasteiger partial charge on any atom is 0.305 e. The lowest BCUT2D eigenvalue weighted by molar-refractivity contribution is -0.646. The first-order valence-electron chi connectivity index (χ1n) is 9.85. The molecule has 0 bridgehead atoms. The molecule has 4 aromatic rings. The summed E-state index contributed by atoms with van der Waals surface area (Å²) in [5.41, 5.74) is 5.90. The lowest BCUT2D eigenvalue weighted by atomic mass is 9.93. The molecule has 1 aliphatic carbocycles. The van der Waals surface area contributed by atoms with Gasteiger partial charge in [-0.05, 0) is 44.0 Å². The normalized spacial score (nSPS) is 16.2. The van der Waals surface area contributed by atoms with E-state index in [1.54, 1.807) is 17.7 Å². The maximum absolute atomic E-state index is 12.4. The van der Waals surface area contributed by atoms with Gasteiger partial charge in [-0.2, -0.15) is 5.43 Å². The Kier molecular flexibility index (Phi) is 4.75. The van der Waals surface area contributed by atoms with Gasteiger partial charge < -0.3 is 10.3 Å². The molecule has 0 radical (unpaired) electrons. The van der Waals surface area contributed by atoms with E-state index in [1.807, 2.05) is 32.0 Å². The van der Waals surface area contributed by atoms with Crippen LogP contribution in [0, 0.1) is 4.91 Å². The van der Waals surface area contributed by atoms with Crippen LogP contribution in [-0.2, 0) is 12.8 Å². The molecule has 3 aromatic heterocycles. The first-order valence-corrected chi connectivity index (χ1v) is 11.5. The molecule has 1 aromatic carbocycles. The van der Waals surface area contributed by atoms with Crippen molar-refractivity contribution in [1.29, 1.82) is 0 Å². The number of thiophene rings is 1. The van der Waals surface area contributed by atoms with Crippen LogP contribution in [0.2, 0.25) is 0 Å². The summed E-state index contributed by atoms with van der Waals surface area (Å²) in [5, 5.41) is 4.44. The van der Waals surface area contributed by atoms with Crippen LogP contribution >= 0.6 is 22.7 Å². The van der Waals surface area contributed by atoms with E-state index in [4.69, 9.17) is 0 Å². The number of nitrogens with zero attached hydrogens (tertiary/aromatic N) is 3. The fourth-order valence-corrected chi connectivity index (χ4v) is 5.94. The molecule has 0 saturated heterocycles. The highest BCUT2D eigenvalue weighted by molar-refractivity contribution is 7.19. The predicted octanol–water partition coefficient (Wildman–Crippen LogP) is 3.89. The Morgan fingerprint density at radius 3 is 2.97 bits per heavy atom. The molecule has 5 rings (SSSR count). The number of fused-ring (bicyclic) bond motifs is 4. The summed E-state index contributed by atoms with van der Waals surface area (Å²) in [6, 6.07) is 5.82. The Morgan fingerprint density at radius 2 is 2.13 bits per heavy atom. The lowest BCUT2D eigenvalue weighted by Gasteiger charge is -2.17. The number of aromatic amines is 1. The number of anilines is 2. The number of hydrazine groups is 1. The maximum atomic E-state index is 12.4. The zero-order valence-electron chi connectivity index (χ0n) is 16.6. The summed E-state index contributed by atoms with van der Waals surface area (Å²) in [5.74, 6) is 0.762. The third kappa shape index (κ3) is 3.46. The monoisotopic (exact) mass is 441 g/mol. The number of thiazole rings is 1. The standard InChI is InChI=1S/C20H20N6O2S2/c1-10(2)25-26(28)12-4-5-13-15(8-12)29-19-17(13)18(21-9-22-19)23-11-3-6-14-16(7-11)30-20(27)24-14/h3,6-7,9-10,12H,4-5,8H2,1-2H3,(H2-,21,22,23,24,25,27,28)/p+1. The zero-order chi connectivity index (χ0) is 20.8. The summed E-state index contributed by atoms with van der Waals surface area (Å²) in [6.45, 7) is 3.94. The molecule has 10 heteroatoms. The van der Waals surface area contributed by atoms with Crippen LogP contribution in [0.1, 0.15) is 30.7 Å². The Balaban J connectivity index is 1.48. The topological polar surface area (TPSA) is 103 Å². The van der Waals surface area contributed by atoms with Gasteiger partial charge in [0.2, 0.25) is 6.04 Å². The number of nitrogens with one attached hydrogen (secondary N) is 3. The molecule has 154 valence electrons. The van der Waals surface area contributed by atoms with E-state index in [9.17, 15) is 9.70 Å². The highest BCUT2D eigenvalue weighted by atomic mass is 32.1. The second-order valence-corrected chi connectivity index (χ2v) is 9.86. The van der Waals surface area contributed by atoms with E-state index in [2.05, 4.69) is 25.7 Å². The van der Waals surface area contributed by atoms with Crippen LogP contribution in [-0.4, -0.2) is 31.9 Å². The van der Waals surface area contributed by atoms with Crippen molar-refractivity contribution in [3.63, 3.8) is 0 Å². The number of aryl methyl sites for hydroxylation is 1. The van der Waals surface area contributed by atoms with E-state index in [0.717, 1.165) is 49.6 Å². The summed E-state index contributed by atoms with van der Waals surface area (Å²) in [6.07, 6.45) is 3.89. The van der Waals surface area contributed by atoms with E-state index in [0.29, 0.717) is 6.42 Å². The van der Waals surface area contributed by atoms with Crippen molar-refractivity contribution in [2.45, 2.75) is 45.2 Å². The van der Waals surface area contributed by atoms with Crippen LogP contribution in [0.25, 0.3) is 20.4 Å². The molecule has 0 fully saturated rings. The largest absolute Gasteiger partial charge is 0.340 e. The summed E-state index contributed by atoms with van der Waals surface area (Å²) in [4.78, 5) is 38.9. The van der Waals surface area contributed by atoms with Gasteiger partial charge >= 0.3 is 4.87 Å². The van der Waals surface area contributed by atoms with Crippen LogP contribution in [0.3, 0.4) is 0 Å². The van der Waals surface area contributed by atoms with Gasteiger partial charge in [-0.25, -0.2) is 9.97 Å². The lowest BCUT2D eigenvalue weighted by Crippen LogP contribution is -2.42. The number of benzene rings is 1. The van der Waals surface area contributed by atoms with Gasteiger partial charge in [0.25, 0.3) is 0 Å². The number of H-pyrrole nitrogens is 1. The molecule has 0 amide bonds. The average Bonchev–Trinajstić information content (AvgIpc) is 3.26. The quantitative estimate of drug-likeness (QED) is 0.321. The molecule has 1 aliphatic rings. The third-order valence-corrected chi connectivity index (χ3v) is 7.23. The first kappa shape index (κ1) is 19.1. The second kappa shape index (κ2) is 7.44. The molecular weight excluding hydrogens is 420 g/mol. The minimum absolute atomic E-state index is 0.0626. The molecule has 3 N–H and O–H groups in total. The Hall–Kier alpha value is -2.85. The molecule has 1 atom stereocenters. The van der Waals surface area contributed by atoms with E-state index in [1.165, 1.54) is 21.8 Å². The van der Waals surface area contributed by atoms with Gasteiger partial charge in [-0.1, -0.05) is 11.3 Å². The van der Waals surface area contributed by atoms with Crippen molar-refractivity contribution in [3.05, 3.63) is 49.5 Å². The molecule has 0 aliphatic heterocycles.